The highest BCUT2D eigenvalue weighted by molar-refractivity contribution is 6.06. The molecular weight excluding hydrogens is 292 g/mol. The van der Waals surface area contributed by atoms with Crippen LogP contribution in [0.5, 0.6) is 0 Å². The van der Waals surface area contributed by atoms with Crippen molar-refractivity contribution < 1.29 is 9.90 Å². The van der Waals surface area contributed by atoms with Crippen LogP contribution in [0, 0.1) is 11.3 Å². The van der Waals surface area contributed by atoms with Crippen molar-refractivity contribution in [3.05, 3.63) is 36.0 Å². The van der Waals surface area contributed by atoms with E-state index in [-0.39, 0.29) is 18.2 Å². The molecule has 0 radical (unpaired) electrons. The molecule has 2 rings (SSSR count). The van der Waals surface area contributed by atoms with E-state index >= 15 is 0 Å². The second-order valence-electron chi connectivity index (χ2n) is 5.63. The summed E-state index contributed by atoms with van der Waals surface area (Å²) in [6.45, 7) is 0.902. The van der Waals surface area contributed by atoms with Gasteiger partial charge in [0.25, 0.3) is 5.91 Å². The van der Waals surface area contributed by atoms with Crippen molar-refractivity contribution in [2.24, 2.45) is 0 Å². The van der Waals surface area contributed by atoms with Crippen LogP contribution in [0.25, 0.3) is 0 Å². The minimum absolute atomic E-state index is 0.0617. The van der Waals surface area contributed by atoms with Crippen molar-refractivity contribution in [2.75, 3.05) is 24.2 Å². The molecule has 0 bridgehead atoms. The van der Waals surface area contributed by atoms with Crippen LogP contribution in [0.2, 0.25) is 0 Å². The maximum absolute atomic E-state index is 12.3. The number of aliphatic hydroxyl groups excluding tert-OH is 1. The Labute approximate surface area is 136 Å². The van der Waals surface area contributed by atoms with Crippen LogP contribution in [-0.4, -0.2) is 35.1 Å². The summed E-state index contributed by atoms with van der Waals surface area (Å²) in [7, 11) is 0. The van der Waals surface area contributed by atoms with E-state index in [0.29, 0.717) is 17.8 Å². The summed E-state index contributed by atoms with van der Waals surface area (Å²) in [6.07, 6.45) is 5.36. The molecule has 1 heterocycles. The summed E-state index contributed by atoms with van der Waals surface area (Å²) in [6, 6.07) is 8.91. The lowest BCUT2D eigenvalue weighted by molar-refractivity contribution is -0.112. The number of likely N-dealkylation sites (tertiary alicyclic amines) is 1. The molecule has 1 aliphatic heterocycles. The molecular formula is C17H22N4O2. The summed E-state index contributed by atoms with van der Waals surface area (Å²) in [5.41, 5.74) is 6.87. The Morgan fingerprint density at radius 2 is 2.17 bits per heavy atom. The summed E-state index contributed by atoms with van der Waals surface area (Å²) in [5.74, 6) is -0.439. The van der Waals surface area contributed by atoms with E-state index in [2.05, 4.69) is 5.32 Å². The SMILES string of the molecule is N#C/C(=C/N1CCCCC1CCO)C(=O)Nc1ccc(N)cc1. The zero-order valence-electron chi connectivity index (χ0n) is 13.0. The van der Waals surface area contributed by atoms with Crippen molar-refractivity contribution >= 4 is 17.3 Å². The van der Waals surface area contributed by atoms with E-state index in [0.717, 1.165) is 25.8 Å². The van der Waals surface area contributed by atoms with Crippen LogP contribution >= 0.6 is 0 Å². The summed E-state index contributed by atoms with van der Waals surface area (Å²) in [4.78, 5) is 14.3. The number of nitrogens with zero attached hydrogens (tertiary/aromatic N) is 2. The fourth-order valence-corrected chi connectivity index (χ4v) is 2.72. The molecule has 1 aromatic carbocycles. The number of nitrogen functional groups attached to an aromatic ring is 1. The first-order valence-electron chi connectivity index (χ1n) is 7.79. The number of amides is 1. The standard InChI is InChI=1S/C17H22N4O2/c18-11-13(12-21-9-2-1-3-16(21)8-10-22)17(23)20-15-6-4-14(19)5-7-15/h4-7,12,16,22H,1-3,8-10,19H2,(H,20,23)/b13-12-. The summed E-state index contributed by atoms with van der Waals surface area (Å²) in [5, 5.41) is 21.1. The molecule has 1 aliphatic rings. The number of hydrogen-bond acceptors (Lipinski definition) is 5. The highest BCUT2D eigenvalue weighted by atomic mass is 16.3. The second kappa shape index (κ2) is 8.20. The number of rotatable bonds is 5. The van der Waals surface area contributed by atoms with Crippen molar-refractivity contribution in [2.45, 2.75) is 31.7 Å². The number of anilines is 2. The minimum atomic E-state index is -0.439. The third-order valence-electron chi connectivity index (χ3n) is 3.96. The Balaban J connectivity index is 2.09. The minimum Gasteiger partial charge on any atom is -0.399 e. The number of nitrogens with two attached hydrogens (primary N) is 1. The summed E-state index contributed by atoms with van der Waals surface area (Å²) < 4.78 is 0. The van der Waals surface area contributed by atoms with Gasteiger partial charge in [0.1, 0.15) is 11.6 Å². The van der Waals surface area contributed by atoms with E-state index in [1.165, 1.54) is 0 Å². The quantitative estimate of drug-likeness (QED) is 0.437. The maximum Gasteiger partial charge on any atom is 0.267 e. The van der Waals surface area contributed by atoms with E-state index in [1.807, 2.05) is 11.0 Å². The third kappa shape index (κ3) is 4.73. The Kier molecular flexibility index (Phi) is 6.01. The van der Waals surface area contributed by atoms with Crippen LogP contribution in [0.1, 0.15) is 25.7 Å². The van der Waals surface area contributed by atoms with E-state index in [1.54, 1.807) is 30.5 Å². The van der Waals surface area contributed by atoms with Gasteiger partial charge in [-0.2, -0.15) is 5.26 Å². The average molecular weight is 314 g/mol. The number of nitriles is 1. The van der Waals surface area contributed by atoms with Gasteiger partial charge in [0, 0.05) is 36.8 Å². The third-order valence-corrected chi connectivity index (χ3v) is 3.96. The molecule has 0 aromatic heterocycles. The number of carbonyl (C=O) groups is 1. The van der Waals surface area contributed by atoms with Crippen LogP contribution in [-0.2, 0) is 4.79 Å². The van der Waals surface area contributed by atoms with Crippen LogP contribution in [0.3, 0.4) is 0 Å². The van der Waals surface area contributed by atoms with Gasteiger partial charge in [-0.3, -0.25) is 4.79 Å². The van der Waals surface area contributed by atoms with Crippen molar-refractivity contribution in [1.82, 2.24) is 4.90 Å². The predicted molar refractivity (Wildman–Crippen MR) is 89.2 cm³/mol. The van der Waals surface area contributed by atoms with Gasteiger partial charge < -0.3 is 21.1 Å². The molecule has 1 saturated heterocycles. The highest BCUT2D eigenvalue weighted by Gasteiger charge is 2.21. The zero-order valence-corrected chi connectivity index (χ0v) is 13.0. The molecule has 0 saturated carbocycles. The fourth-order valence-electron chi connectivity index (χ4n) is 2.72. The number of benzene rings is 1. The van der Waals surface area contributed by atoms with Gasteiger partial charge in [-0.05, 0) is 49.9 Å². The lowest BCUT2D eigenvalue weighted by Crippen LogP contribution is -2.37. The second-order valence-corrected chi connectivity index (χ2v) is 5.63. The molecule has 23 heavy (non-hydrogen) atoms. The molecule has 1 atom stereocenters. The molecule has 6 heteroatoms. The first-order chi connectivity index (χ1) is 11.1. The largest absolute Gasteiger partial charge is 0.399 e. The first-order valence-corrected chi connectivity index (χ1v) is 7.79. The van der Waals surface area contributed by atoms with Crippen molar-refractivity contribution in [3.8, 4) is 6.07 Å². The zero-order chi connectivity index (χ0) is 16.7. The van der Waals surface area contributed by atoms with Crippen LogP contribution in [0.15, 0.2) is 36.0 Å². The number of aliphatic hydroxyl groups is 1. The van der Waals surface area contributed by atoms with Crippen LogP contribution in [0.4, 0.5) is 11.4 Å². The number of piperidine rings is 1. The number of nitrogens with one attached hydrogen (secondary N) is 1. The van der Waals surface area contributed by atoms with Crippen molar-refractivity contribution in [3.63, 3.8) is 0 Å². The Morgan fingerprint density at radius 1 is 1.43 bits per heavy atom. The molecule has 4 N–H and O–H groups in total. The van der Waals surface area contributed by atoms with Crippen molar-refractivity contribution in [1.29, 1.82) is 5.26 Å². The smallest absolute Gasteiger partial charge is 0.267 e. The van der Waals surface area contributed by atoms with Gasteiger partial charge in [-0.25, -0.2) is 0 Å². The molecule has 1 aromatic rings. The predicted octanol–water partition coefficient (Wildman–Crippen LogP) is 1.85. The molecule has 0 spiro atoms. The molecule has 0 aliphatic carbocycles. The number of carbonyl (C=O) groups excluding carboxylic acids is 1. The van der Waals surface area contributed by atoms with Crippen LogP contribution < -0.4 is 11.1 Å². The van der Waals surface area contributed by atoms with E-state index in [4.69, 9.17) is 10.8 Å². The fraction of sp³-hybridized carbons (Fsp3) is 0.412. The lowest BCUT2D eigenvalue weighted by atomic mass is 10.00. The maximum atomic E-state index is 12.3. The van der Waals surface area contributed by atoms with Gasteiger partial charge in [0.2, 0.25) is 0 Å². The molecule has 1 unspecified atom stereocenters. The van der Waals surface area contributed by atoms with Gasteiger partial charge in [0.15, 0.2) is 0 Å². The highest BCUT2D eigenvalue weighted by Crippen LogP contribution is 2.21. The number of hydrogen-bond donors (Lipinski definition) is 3. The summed E-state index contributed by atoms with van der Waals surface area (Å²) >= 11 is 0. The molecule has 6 nitrogen and oxygen atoms in total. The monoisotopic (exact) mass is 314 g/mol. The normalized spacial score (nSPS) is 18.3. The van der Waals surface area contributed by atoms with E-state index in [9.17, 15) is 10.1 Å². The Morgan fingerprint density at radius 3 is 2.83 bits per heavy atom. The Bertz CT molecular complexity index is 602. The average Bonchev–Trinajstić information content (AvgIpc) is 2.56. The van der Waals surface area contributed by atoms with Gasteiger partial charge >= 0.3 is 0 Å². The topological polar surface area (TPSA) is 102 Å². The van der Waals surface area contributed by atoms with Gasteiger partial charge in [0.05, 0.1) is 0 Å². The lowest BCUT2D eigenvalue weighted by Gasteiger charge is -2.34. The van der Waals surface area contributed by atoms with E-state index < -0.39 is 5.91 Å². The molecule has 1 fully saturated rings. The molecule has 122 valence electrons. The molecule has 1 amide bonds. The van der Waals surface area contributed by atoms with Gasteiger partial charge in [-0.15, -0.1) is 0 Å². The Hall–Kier alpha value is -2.52. The van der Waals surface area contributed by atoms with Gasteiger partial charge in [-0.1, -0.05) is 0 Å². The first kappa shape index (κ1) is 16.8.